The lowest BCUT2D eigenvalue weighted by Crippen LogP contribution is -1.87. The quantitative estimate of drug-likeness (QED) is 0.743. The van der Waals surface area contributed by atoms with Gasteiger partial charge in [-0.25, -0.2) is 0 Å². The first-order chi connectivity index (χ1) is 7.22. The number of furan rings is 1. The van der Waals surface area contributed by atoms with Crippen molar-refractivity contribution in [3.63, 3.8) is 0 Å². The van der Waals surface area contributed by atoms with Gasteiger partial charge in [-0.05, 0) is 19.9 Å². The maximum Gasteiger partial charge on any atom is 0.126 e. The Morgan fingerprint density at radius 2 is 1.93 bits per heavy atom. The Hall–Kier alpha value is -1.70. The summed E-state index contributed by atoms with van der Waals surface area (Å²) < 4.78 is 10.8. The third kappa shape index (κ3) is 1.75. The van der Waals surface area contributed by atoms with E-state index < -0.39 is 0 Å². The van der Waals surface area contributed by atoms with E-state index >= 15 is 0 Å². The number of benzene rings is 1. The van der Waals surface area contributed by atoms with Gasteiger partial charge in [0.1, 0.15) is 17.3 Å². The fraction of sp³-hybridized carbons (Fsp3) is 0.231. The molecule has 0 bridgehead atoms. The van der Waals surface area contributed by atoms with Gasteiger partial charge in [0.25, 0.3) is 0 Å². The number of hydrogen-bond acceptors (Lipinski definition) is 2. The summed E-state index contributed by atoms with van der Waals surface area (Å²) in [6, 6.07) is 11.1. The number of hydrogen-bond donors (Lipinski definition) is 0. The van der Waals surface area contributed by atoms with Crippen LogP contribution in [0.1, 0.15) is 11.5 Å². The van der Waals surface area contributed by atoms with Gasteiger partial charge in [0, 0.05) is 17.2 Å². The van der Waals surface area contributed by atoms with Crippen molar-refractivity contribution in [1.29, 1.82) is 0 Å². The summed E-state index contributed by atoms with van der Waals surface area (Å²) in [7, 11) is 1.67. The van der Waals surface area contributed by atoms with E-state index in [4.69, 9.17) is 9.15 Å². The van der Waals surface area contributed by atoms with E-state index in [2.05, 4.69) is 6.07 Å². The summed E-state index contributed by atoms with van der Waals surface area (Å²) in [4.78, 5) is 0. The zero-order chi connectivity index (χ0) is 10.8. The second-order valence-corrected chi connectivity index (χ2v) is 3.41. The van der Waals surface area contributed by atoms with Gasteiger partial charge in [-0.3, -0.25) is 0 Å². The van der Waals surface area contributed by atoms with Crippen LogP contribution in [0, 0.1) is 19.9 Å². The second kappa shape index (κ2) is 3.81. The van der Waals surface area contributed by atoms with Crippen LogP contribution in [0.4, 0.5) is 0 Å². The molecule has 77 valence electrons. The Morgan fingerprint density at radius 3 is 2.53 bits per heavy atom. The van der Waals surface area contributed by atoms with Crippen molar-refractivity contribution in [2.45, 2.75) is 13.8 Å². The van der Waals surface area contributed by atoms with Crippen molar-refractivity contribution >= 4 is 0 Å². The Balaban J connectivity index is 2.58. The monoisotopic (exact) mass is 201 g/mol. The molecule has 0 saturated carbocycles. The molecule has 2 aromatic rings. The summed E-state index contributed by atoms with van der Waals surface area (Å²) in [6.07, 6.45) is 0. The molecule has 2 rings (SSSR count). The van der Waals surface area contributed by atoms with E-state index in [1.165, 1.54) is 0 Å². The van der Waals surface area contributed by atoms with Gasteiger partial charge in [-0.2, -0.15) is 0 Å². The molecule has 0 fully saturated rings. The smallest absolute Gasteiger partial charge is 0.126 e. The average molecular weight is 201 g/mol. The fourth-order valence-electron chi connectivity index (χ4n) is 1.68. The van der Waals surface area contributed by atoms with E-state index in [-0.39, 0.29) is 0 Å². The fourth-order valence-corrected chi connectivity index (χ4v) is 1.68. The highest BCUT2D eigenvalue weighted by Crippen LogP contribution is 2.32. The molecule has 2 heteroatoms. The number of ether oxygens (including phenoxy) is 1. The maximum absolute atomic E-state index is 5.46. The molecule has 2 nitrogen and oxygen atoms in total. The Bertz CT molecular complexity index is 469. The van der Waals surface area contributed by atoms with Crippen LogP contribution in [-0.2, 0) is 0 Å². The van der Waals surface area contributed by atoms with E-state index in [1.54, 1.807) is 7.11 Å². The molecule has 0 N–H and O–H groups in total. The minimum absolute atomic E-state index is 0.799. The summed E-state index contributed by atoms with van der Waals surface area (Å²) in [5.74, 6) is 2.52. The lowest BCUT2D eigenvalue weighted by molar-refractivity contribution is 0.416. The minimum atomic E-state index is 0.799. The van der Waals surface area contributed by atoms with Crippen LogP contribution >= 0.6 is 0 Å². The predicted molar refractivity (Wildman–Crippen MR) is 59.0 cm³/mol. The zero-order valence-electron chi connectivity index (χ0n) is 9.13. The molecule has 1 radical (unpaired) electrons. The molecule has 0 aliphatic rings. The van der Waals surface area contributed by atoms with Crippen molar-refractivity contribution < 1.29 is 9.15 Å². The van der Waals surface area contributed by atoms with Crippen molar-refractivity contribution in [2.75, 3.05) is 7.11 Å². The molecule has 0 spiro atoms. The molecule has 1 aromatic carbocycles. The largest absolute Gasteiger partial charge is 0.496 e. The van der Waals surface area contributed by atoms with Crippen LogP contribution in [0.5, 0.6) is 5.75 Å². The minimum Gasteiger partial charge on any atom is -0.496 e. The Kier molecular flexibility index (Phi) is 2.50. The van der Waals surface area contributed by atoms with Gasteiger partial charge in [-0.15, -0.1) is 0 Å². The third-order valence-corrected chi connectivity index (χ3v) is 2.34. The molecular weight excluding hydrogens is 188 g/mol. The van der Waals surface area contributed by atoms with Gasteiger partial charge in [0.2, 0.25) is 0 Å². The molecule has 0 aliphatic carbocycles. The van der Waals surface area contributed by atoms with E-state index in [0.29, 0.717) is 0 Å². The zero-order valence-corrected chi connectivity index (χ0v) is 9.13. The molecule has 1 aromatic heterocycles. The highest BCUT2D eigenvalue weighted by Gasteiger charge is 2.11. The van der Waals surface area contributed by atoms with Gasteiger partial charge >= 0.3 is 0 Å². The predicted octanol–water partition coefficient (Wildman–Crippen LogP) is 3.37. The van der Waals surface area contributed by atoms with Crippen LogP contribution in [0.25, 0.3) is 11.1 Å². The van der Waals surface area contributed by atoms with Crippen LogP contribution in [0.3, 0.4) is 0 Å². The number of methoxy groups -OCH3 is 1. The van der Waals surface area contributed by atoms with Gasteiger partial charge < -0.3 is 9.15 Å². The molecule has 0 atom stereocenters. The van der Waals surface area contributed by atoms with Crippen LogP contribution < -0.4 is 4.74 Å². The normalized spacial score (nSPS) is 10.3. The highest BCUT2D eigenvalue weighted by molar-refractivity contribution is 5.71. The summed E-state index contributed by atoms with van der Waals surface area (Å²) >= 11 is 0. The lowest BCUT2D eigenvalue weighted by Gasteiger charge is -2.06. The third-order valence-electron chi connectivity index (χ3n) is 2.34. The van der Waals surface area contributed by atoms with Gasteiger partial charge in [0.15, 0.2) is 0 Å². The van der Waals surface area contributed by atoms with Crippen molar-refractivity contribution in [3.8, 4) is 16.9 Å². The standard InChI is InChI=1S/C13H13O2/c1-9-8-12(10(2)15-9)11-6-4-5-7-13(11)14-3/h4-7H,1-3H3. The first-order valence-corrected chi connectivity index (χ1v) is 4.85. The highest BCUT2D eigenvalue weighted by atomic mass is 16.5. The Morgan fingerprint density at radius 1 is 1.20 bits per heavy atom. The molecule has 15 heavy (non-hydrogen) atoms. The van der Waals surface area contributed by atoms with Crippen molar-refractivity contribution in [2.24, 2.45) is 0 Å². The summed E-state index contributed by atoms with van der Waals surface area (Å²) in [5, 5.41) is 0. The molecule has 0 unspecified atom stereocenters. The molecule has 0 amide bonds. The first-order valence-electron chi connectivity index (χ1n) is 4.85. The lowest BCUT2D eigenvalue weighted by atomic mass is 10.1. The van der Waals surface area contributed by atoms with Crippen molar-refractivity contribution in [1.82, 2.24) is 0 Å². The first kappa shape index (κ1) is 9.84. The molecule has 0 aliphatic heterocycles. The number of rotatable bonds is 2. The van der Waals surface area contributed by atoms with E-state index in [9.17, 15) is 0 Å². The van der Waals surface area contributed by atoms with Crippen LogP contribution in [-0.4, -0.2) is 7.11 Å². The topological polar surface area (TPSA) is 22.4 Å². The number of para-hydroxylation sites is 1. The van der Waals surface area contributed by atoms with Crippen molar-refractivity contribution in [3.05, 3.63) is 41.9 Å². The van der Waals surface area contributed by atoms with E-state index in [0.717, 1.165) is 28.4 Å². The van der Waals surface area contributed by atoms with Gasteiger partial charge in [-0.1, -0.05) is 18.2 Å². The van der Waals surface area contributed by atoms with E-state index in [1.807, 2.05) is 38.1 Å². The van der Waals surface area contributed by atoms with Gasteiger partial charge in [0.05, 0.1) is 7.11 Å². The molecule has 1 heterocycles. The summed E-state index contributed by atoms with van der Waals surface area (Å²) in [5.41, 5.74) is 2.00. The average Bonchev–Trinajstić information content (AvgIpc) is 2.57. The molecule has 0 saturated heterocycles. The van der Waals surface area contributed by atoms with Crippen LogP contribution in [0.15, 0.2) is 28.7 Å². The van der Waals surface area contributed by atoms with Crippen LogP contribution in [0.2, 0.25) is 0 Å². The molecular formula is C13H13O2. The number of aryl methyl sites for hydroxylation is 2. The Labute approximate surface area is 89.5 Å². The summed E-state index contributed by atoms with van der Waals surface area (Å²) in [6.45, 7) is 3.83. The SMILES string of the molecule is COc1ccccc1-c1[c]c(C)oc1C. The maximum atomic E-state index is 5.46. The second-order valence-electron chi connectivity index (χ2n) is 3.41.